The lowest BCUT2D eigenvalue weighted by molar-refractivity contribution is -0.0447. The van der Waals surface area contributed by atoms with Gasteiger partial charge < -0.3 is 10.6 Å². The molecule has 0 aromatic heterocycles. The van der Waals surface area contributed by atoms with Gasteiger partial charge in [0.1, 0.15) is 0 Å². The lowest BCUT2D eigenvalue weighted by Crippen LogP contribution is -2.69. The third kappa shape index (κ3) is 3.72. The van der Waals surface area contributed by atoms with Gasteiger partial charge in [-0.15, -0.1) is 0 Å². The maximum absolute atomic E-state index is 13.0. The minimum atomic E-state index is -0.273. The van der Waals surface area contributed by atoms with Gasteiger partial charge in [0.2, 0.25) is 0 Å². The minimum Gasteiger partial charge on any atom is -0.346 e. The molecule has 156 valence electrons. The maximum atomic E-state index is 13.0. The molecule has 4 nitrogen and oxygen atoms in total. The molecular formula is C24H24Cl2N2O2. The molecule has 0 atom stereocenters. The fourth-order valence-corrected chi connectivity index (χ4v) is 6.82. The zero-order valence-electron chi connectivity index (χ0n) is 16.6. The Labute approximate surface area is 186 Å². The monoisotopic (exact) mass is 442 g/mol. The molecule has 4 aliphatic carbocycles. The Kier molecular flexibility index (Phi) is 4.83. The molecule has 2 aromatic rings. The van der Waals surface area contributed by atoms with Crippen molar-refractivity contribution in [3.8, 4) is 0 Å². The molecule has 4 fully saturated rings. The molecule has 0 heterocycles. The van der Waals surface area contributed by atoms with Crippen LogP contribution in [-0.4, -0.2) is 22.9 Å². The molecule has 4 bridgehead atoms. The van der Waals surface area contributed by atoms with Gasteiger partial charge in [-0.3, -0.25) is 9.59 Å². The van der Waals surface area contributed by atoms with Gasteiger partial charge in [-0.25, -0.2) is 0 Å². The van der Waals surface area contributed by atoms with Crippen molar-refractivity contribution in [3.63, 3.8) is 0 Å². The number of hydrogen-bond donors (Lipinski definition) is 2. The van der Waals surface area contributed by atoms with E-state index in [0.29, 0.717) is 33.0 Å². The first-order chi connectivity index (χ1) is 14.3. The summed E-state index contributed by atoms with van der Waals surface area (Å²) in [5.74, 6) is 0.864. The van der Waals surface area contributed by atoms with Gasteiger partial charge in [0.15, 0.2) is 0 Å². The number of halogens is 2. The molecule has 30 heavy (non-hydrogen) atoms. The Morgan fingerprint density at radius 1 is 0.767 bits per heavy atom. The molecular weight excluding hydrogens is 419 g/mol. The molecule has 2 aromatic carbocycles. The number of amides is 2. The van der Waals surface area contributed by atoms with Gasteiger partial charge in [-0.05, 0) is 86.8 Å². The summed E-state index contributed by atoms with van der Waals surface area (Å²) >= 11 is 12.2. The highest BCUT2D eigenvalue weighted by Gasteiger charge is 2.58. The van der Waals surface area contributed by atoms with E-state index >= 15 is 0 Å². The zero-order chi connectivity index (χ0) is 20.9. The van der Waals surface area contributed by atoms with Crippen molar-refractivity contribution in [2.75, 3.05) is 0 Å². The molecule has 0 spiro atoms. The first-order valence-corrected chi connectivity index (χ1v) is 11.3. The Morgan fingerprint density at radius 2 is 1.20 bits per heavy atom. The highest BCUT2D eigenvalue weighted by Crippen LogP contribution is 2.57. The predicted octanol–water partition coefficient (Wildman–Crippen LogP) is 5.24. The van der Waals surface area contributed by atoms with E-state index in [1.54, 1.807) is 48.5 Å². The fraction of sp³-hybridized carbons (Fsp3) is 0.417. The molecule has 4 aliphatic rings. The van der Waals surface area contributed by atoms with Crippen molar-refractivity contribution in [3.05, 3.63) is 69.7 Å². The third-order valence-electron chi connectivity index (χ3n) is 6.99. The van der Waals surface area contributed by atoms with E-state index in [9.17, 15) is 9.59 Å². The summed E-state index contributed by atoms with van der Waals surface area (Å²) in [6, 6.07) is 14.1. The Hall–Kier alpha value is -2.04. The second kappa shape index (κ2) is 7.28. The lowest BCUT2D eigenvalue weighted by Gasteiger charge is -2.62. The molecule has 6 rings (SSSR count). The van der Waals surface area contributed by atoms with Crippen molar-refractivity contribution in [2.45, 2.75) is 49.6 Å². The summed E-state index contributed by atoms with van der Waals surface area (Å²) in [7, 11) is 0. The summed E-state index contributed by atoms with van der Waals surface area (Å²) in [4.78, 5) is 26.0. The van der Waals surface area contributed by atoms with Crippen LogP contribution in [0.2, 0.25) is 10.0 Å². The van der Waals surface area contributed by atoms with Gasteiger partial charge in [-0.2, -0.15) is 0 Å². The molecule has 0 aliphatic heterocycles. The van der Waals surface area contributed by atoms with Crippen LogP contribution in [0.1, 0.15) is 59.2 Å². The van der Waals surface area contributed by atoms with E-state index in [1.807, 2.05) is 0 Å². The number of nitrogens with one attached hydrogen (secondary N) is 2. The summed E-state index contributed by atoms with van der Waals surface area (Å²) in [6.07, 6.45) is 5.86. The van der Waals surface area contributed by atoms with Crippen LogP contribution in [-0.2, 0) is 0 Å². The molecule has 0 saturated heterocycles. The van der Waals surface area contributed by atoms with E-state index in [4.69, 9.17) is 23.2 Å². The van der Waals surface area contributed by atoms with Crippen LogP contribution in [0.3, 0.4) is 0 Å². The van der Waals surface area contributed by atoms with E-state index in [-0.39, 0.29) is 22.9 Å². The van der Waals surface area contributed by atoms with Crippen molar-refractivity contribution in [1.29, 1.82) is 0 Å². The van der Waals surface area contributed by atoms with E-state index in [1.165, 1.54) is 6.42 Å². The van der Waals surface area contributed by atoms with Gasteiger partial charge in [0.05, 0.1) is 0 Å². The third-order valence-corrected chi connectivity index (χ3v) is 7.46. The Balaban J connectivity index is 1.38. The molecule has 2 N–H and O–H groups in total. The topological polar surface area (TPSA) is 58.2 Å². The highest BCUT2D eigenvalue weighted by atomic mass is 35.5. The van der Waals surface area contributed by atoms with Gasteiger partial charge in [0.25, 0.3) is 11.8 Å². The van der Waals surface area contributed by atoms with Gasteiger partial charge in [-0.1, -0.05) is 35.3 Å². The zero-order valence-corrected chi connectivity index (χ0v) is 18.1. The molecule has 0 radical (unpaired) electrons. The summed E-state index contributed by atoms with van der Waals surface area (Å²) in [5.41, 5.74) is 0.612. The van der Waals surface area contributed by atoms with E-state index in [2.05, 4.69) is 10.6 Å². The first kappa shape index (κ1) is 19.9. The average Bonchev–Trinajstić information content (AvgIpc) is 2.66. The van der Waals surface area contributed by atoms with Crippen LogP contribution in [0.25, 0.3) is 0 Å². The highest BCUT2D eigenvalue weighted by molar-refractivity contribution is 6.31. The van der Waals surface area contributed by atoms with E-state index in [0.717, 1.165) is 32.1 Å². The Morgan fingerprint density at radius 3 is 1.60 bits per heavy atom. The summed E-state index contributed by atoms with van der Waals surface area (Å²) < 4.78 is 0. The minimum absolute atomic E-state index is 0.0873. The second-order valence-corrected chi connectivity index (χ2v) is 10.3. The number of benzene rings is 2. The fourth-order valence-electron chi connectivity index (χ4n) is 6.44. The van der Waals surface area contributed by atoms with Crippen molar-refractivity contribution < 1.29 is 9.59 Å². The molecule has 0 unspecified atom stereocenters. The predicted molar refractivity (Wildman–Crippen MR) is 118 cm³/mol. The number of carbonyl (C=O) groups is 2. The van der Waals surface area contributed by atoms with Crippen LogP contribution in [0.15, 0.2) is 48.5 Å². The first-order valence-electron chi connectivity index (χ1n) is 10.5. The summed E-state index contributed by atoms with van der Waals surface area (Å²) in [5, 5.41) is 7.80. The van der Waals surface area contributed by atoms with Crippen LogP contribution >= 0.6 is 23.2 Å². The van der Waals surface area contributed by atoms with Crippen molar-refractivity contribution in [1.82, 2.24) is 10.6 Å². The van der Waals surface area contributed by atoms with Crippen LogP contribution in [0, 0.1) is 11.8 Å². The van der Waals surface area contributed by atoms with E-state index < -0.39 is 0 Å². The average molecular weight is 443 g/mol. The summed E-state index contributed by atoms with van der Waals surface area (Å²) in [6.45, 7) is 0. The maximum Gasteiger partial charge on any atom is 0.251 e. The van der Waals surface area contributed by atoms with Gasteiger partial charge >= 0.3 is 0 Å². The smallest absolute Gasteiger partial charge is 0.251 e. The van der Waals surface area contributed by atoms with Crippen LogP contribution < -0.4 is 10.6 Å². The normalized spacial score (nSPS) is 31.4. The van der Waals surface area contributed by atoms with Crippen molar-refractivity contribution in [2.24, 2.45) is 11.8 Å². The Bertz CT molecular complexity index is 930. The van der Waals surface area contributed by atoms with Crippen LogP contribution in [0.5, 0.6) is 0 Å². The molecule has 2 amide bonds. The van der Waals surface area contributed by atoms with Crippen LogP contribution in [0.4, 0.5) is 0 Å². The van der Waals surface area contributed by atoms with Gasteiger partial charge in [0, 0.05) is 32.3 Å². The largest absolute Gasteiger partial charge is 0.346 e. The SMILES string of the molecule is O=C(NC12CC3CC(C1)CC(NC(=O)c1cccc(Cl)c1)(C3)C2)c1cccc(Cl)c1. The second-order valence-electron chi connectivity index (χ2n) is 9.45. The number of hydrogen-bond acceptors (Lipinski definition) is 2. The molecule has 4 saturated carbocycles. The molecule has 6 heteroatoms. The number of carbonyl (C=O) groups excluding carboxylic acids is 2. The van der Waals surface area contributed by atoms with Crippen molar-refractivity contribution >= 4 is 35.0 Å². The standard InChI is InChI=1S/C24H24Cl2N2O2/c25-19-5-1-3-17(8-19)21(29)27-23-10-15-7-16(11-23)13-24(12-15,14-23)28-22(30)18-4-2-6-20(26)9-18/h1-6,8-9,15-16H,7,10-14H2,(H,27,29)(H,28,30). The quantitative estimate of drug-likeness (QED) is 0.679. The lowest BCUT2D eigenvalue weighted by atomic mass is 9.49. The number of rotatable bonds is 4.